The average molecular weight is 533 g/mol. The van der Waals surface area contributed by atoms with Gasteiger partial charge in [-0.05, 0) is 35.5 Å². The fourth-order valence-electron chi connectivity index (χ4n) is 3.93. The first-order valence-electron chi connectivity index (χ1n) is 10.8. The number of carbonyl (C=O) groups excluding carboxylic acids is 2. The first-order valence-corrected chi connectivity index (χ1v) is 11.6. The summed E-state index contributed by atoms with van der Waals surface area (Å²) in [7, 11) is 0. The third-order valence-corrected chi connectivity index (χ3v) is 6.69. The van der Waals surface area contributed by atoms with Gasteiger partial charge in [-0.15, -0.1) is 11.3 Å². The van der Waals surface area contributed by atoms with Crippen molar-refractivity contribution >= 4 is 44.9 Å². The number of primary amides is 1. The van der Waals surface area contributed by atoms with Crippen molar-refractivity contribution in [1.82, 2.24) is 14.8 Å². The van der Waals surface area contributed by atoms with E-state index in [1.165, 1.54) is 10.7 Å². The van der Waals surface area contributed by atoms with Crippen molar-refractivity contribution in [3.05, 3.63) is 68.8 Å². The summed E-state index contributed by atoms with van der Waals surface area (Å²) in [6, 6.07) is 9.17. The lowest BCUT2D eigenvalue weighted by atomic mass is 10.0. The number of carbonyl (C=O) groups is 2. The number of nitrogens with one attached hydrogen (secondary N) is 1. The fourth-order valence-corrected chi connectivity index (χ4v) is 4.94. The van der Waals surface area contributed by atoms with E-state index in [1.807, 2.05) is 0 Å². The summed E-state index contributed by atoms with van der Waals surface area (Å²) in [6.45, 7) is 3.20. The molecule has 4 aromatic rings. The third kappa shape index (κ3) is 4.87. The number of hydrogen-bond donors (Lipinski definition) is 2. The highest BCUT2D eigenvalue weighted by Crippen LogP contribution is 2.44. The van der Waals surface area contributed by atoms with E-state index >= 15 is 0 Å². The number of benzene rings is 1. The van der Waals surface area contributed by atoms with Crippen LogP contribution in [-0.4, -0.2) is 31.5 Å². The smallest absolute Gasteiger partial charge is 0.365 e. The van der Waals surface area contributed by atoms with Crippen LogP contribution in [0.25, 0.3) is 21.3 Å². The summed E-state index contributed by atoms with van der Waals surface area (Å²) >= 11 is 0.627. The van der Waals surface area contributed by atoms with Crippen LogP contribution in [0.2, 0.25) is 0 Å². The van der Waals surface area contributed by atoms with Crippen LogP contribution in [0.15, 0.2) is 42.5 Å². The van der Waals surface area contributed by atoms with Gasteiger partial charge in [0.05, 0.1) is 22.5 Å². The summed E-state index contributed by atoms with van der Waals surface area (Å²) < 4.78 is 42.1. The van der Waals surface area contributed by atoms with Gasteiger partial charge in [0, 0.05) is 5.39 Å². The van der Waals surface area contributed by atoms with Crippen molar-refractivity contribution in [3.63, 3.8) is 0 Å². The zero-order valence-corrected chi connectivity index (χ0v) is 20.2. The van der Waals surface area contributed by atoms with Gasteiger partial charge >= 0.3 is 12.0 Å². The number of anilines is 1. The fraction of sp³-hybridized carbons (Fsp3) is 0.217. The van der Waals surface area contributed by atoms with Crippen LogP contribution >= 0.6 is 11.3 Å². The number of aryl methyl sites for hydroxylation is 1. The average Bonchev–Trinajstić information content (AvgIpc) is 3.40. The van der Waals surface area contributed by atoms with Gasteiger partial charge in [0.15, 0.2) is 6.04 Å². The Hall–Kier alpha value is -4.33. The lowest BCUT2D eigenvalue weighted by Gasteiger charge is -2.16. The standard InChI is InChI=1S/C23H19F3N6O4S/c1-3-14(31-11(2)9-16(30-31)32(35)36)21(34)29-18-17-13(12-7-5-4-6-8-12)10-15(23(24,25)26)28-22(17)37-19(18)20(27)33/h4-10,14H,3H2,1-2H3,(H2,27,33)(H,29,34). The number of amides is 2. The predicted octanol–water partition coefficient (Wildman–Crippen LogP) is 5.08. The Kier molecular flexibility index (Phi) is 6.69. The Morgan fingerprint density at radius 3 is 2.46 bits per heavy atom. The van der Waals surface area contributed by atoms with Gasteiger partial charge in [0.1, 0.15) is 15.4 Å². The molecule has 2 amide bonds. The minimum Gasteiger partial charge on any atom is -0.365 e. The summed E-state index contributed by atoms with van der Waals surface area (Å²) in [5.74, 6) is -2.10. The normalized spacial score (nSPS) is 12.5. The molecule has 192 valence electrons. The molecule has 3 N–H and O–H groups in total. The van der Waals surface area contributed by atoms with Crippen LogP contribution in [0.5, 0.6) is 0 Å². The summed E-state index contributed by atoms with van der Waals surface area (Å²) in [6.07, 6.45) is -4.60. The maximum atomic E-state index is 13.6. The van der Waals surface area contributed by atoms with Crippen molar-refractivity contribution < 1.29 is 27.7 Å². The molecule has 37 heavy (non-hydrogen) atoms. The lowest BCUT2D eigenvalue weighted by Crippen LogP contribution is -2.28. The molecule has 0 bridgehead atoms. The molecule has 0 aliphatic heterocycles. The Balaban J connectivity index is 1.90. The van der Waals surface area contributed by atoms with Crippen LogP contribution in [0, 0.1) is 17.0 Å². The zero-order valence-electron chi connectivity index (χ0n) is 19.4. The van der Waals surface area contributed by atoms with Crippen LogP contribution < -0.4 is 11.1 Å². The molecule has 14 heteroatoms. The van der Waals surface area contributed by atoms with E-state index in [1.54, 1.807) is 44.2 Å². The van der Waals surface area contributed by atoms with E-state index < -0.39 is 40.5 Å². The van der Waals surface area contributed by atoms with Gasteiger partial charge in [-0.1, -0.05) is 37.3 Å². The van der Waals surface area contributed by atoms with E-state index in [2.05, 4.69) is 15.4 Å². The van der Waals surface area contributed by atoms with Crippen molar-refractivity contribution in [2.24, 2.45) is 5.73 Å². The topological polar surface area (TPSA) is 146 Å². The SMILES string of the molecule is CCC(C(=O)Nc1c(C(N)=O)sc2nc(C(F)(F)F)cc(-c3ccccc3)c12)n1nc([N+](=O)[O-])cc1C. The first-order chi connectivity index (χ1) is 17.4. The molecule has 0 aliphatic carbocycles. The highest BCUT2D eigenvalue weighted by molar-refractivity contribution is 7.21. The number of rotatable bonds is 7. The molecule has 0 aliphatic rings. The number of nitro groups is 1. The molecule has 3 heterocycles. The molecular formula is C23H19F3N6O4S. The van der Waals surface area contributed by atoms with Gasteiger partial charge in [-0.3, -0.25) is 9.59 Å². The van der Waals surface area contributed by atoms with Gasteiger partial charge in [0.25, 0.3) is 11.8 Å². The summed E-state index contributed by atoms with van der Waals surface area (Å²) in [5, 5.41) is 17.7. The van der Waals surface area contributed by atoms with Crippen molar-refractivity contribution in [2.75, 3.05) is 5.32 Å². The highest BCUT2D eigenvalue weighted by atomic mass is 32.1. The predicted molar refractivity (Wildman–Crippen MR) is 130 cm³/mol. The molecular weight excluding hydrogens is 513 g/mol. The van der Waals surface area contributed by atoms with Gasteiger partial charge < -0.3 is 21.2 Å². The molecule has 1 atom stereocenters. The molecule has 4 rings (SSSR count). The van der Waals surface area contributed by atoms with E-state index in [4.69, 9.17) is 5.73 Å². The van der Waals surface area contributed by atoms with Gasteiger partial charge in [0.2, 0.25) is 0 Å². The maximum Gasteiger partial charge on any atom is 0.433 e. The minimum absolute atomic E-state index is 0.0877. The Morgan fingerprint density at radius 1 is 1.24 bits per heavy atom. The molecule has 3 aromatic heterocycles. The Bertz CT molecular complexity index is 1530. The molecule has 1 aromatic carbocycles. The number of thiophene rings is 1. The van der Waals surface area contributed by atoms with Crippen LogP contribution in [0.4, 0.5) is 24.7 Å². The second-order valence-electron chi connectivity index (χ2n) is 8.03. The van der Waals surface area contributed by atoms with Crippen molar-refractivity contribution in [1.29, 1.82) is 0 Å². The molecule has 0 saturated carbocycles. The molecule has 0 radical (unpaired) electrons. The molecule has 0 fully saturated rings. The maximum absolute atomic E-state index is 13.6. The molecule has 1 unspecified atom stereocenters. The van der Waals surface area contributed by atoms with Crippen LogP contribution in [-0.2, 0) is 11.0 Å². The van der Waals surface area contributed by atoms with Crippen LogP contribution in [0.1, 0.15) is 40.4 Å². The number of halogens is 3. The monoisotopic (exact) mass is 532 g/mol. The Morgan fingerprint density at radius 2 is 1.92 bits per heavy atom. The van der Waals surface area contributed by atoms with E-state index in [0.717, 1.165) is 6.07 Å². The molecule has 0 spiro atoms. The number of aromatic nitrogens is 3. The van der Waals surface area contributed by atoms with Crippen molar-refractivity contribution in [3.8, 4) is 11.1 Å². The van der Waals surface area contributed by atoms with Crippen LogP contribution in [0.3, 0.4) is 0 Å². The number of alkyl halides is 3. The number of nitrogens with two attached hydrogens (primary N) is 1. The van der Waals surface area contributed by atoms with E-state index in [-0.39, 0.29) is 32.8 Å². The molecule has 0 saturated heterocycles. The Labute approximate surface area is 211 Å². The van der Waals surface area contributed by atoms with E-state index in [9.17, 15) is 32.9 Å². The van der Waals surface area contributed by atoms with Gasteiger partial charge in [-0.2, -0.15) is 17.9 Å². The molecule has 10 nitrogen and oxygen atoms in total. The van der Waals surface area contributed by atoms with Gasteiger partial charge in [-0.25, -0.2) is 4.98 Å². The quantitative estimate of drug-likeness (QED) is 0.251. The first kappa shape index (κ1) is 25.8. The largest absolute Gasteiger partial charge is 0.433 e. The second-order valence-corrected chi connectivity index (χ2v) is 9.03. The number of hydrogen-bond acceptors (Lipinski definition) is 7. The summed E-state index contributed by atoms with van der Waals surface area (Å²) in [5.41, 5.74) is 5.11. The number of pyridine rings is 1. The zero-order chi connectivity index (χ0) is 27.1. The minimum atomic E-state index is -4.77. The van der Waals surface area contributed by atoms with E-state index in [0.29, 0.717) is 22.6 Å². The third-order valence-electron chi connectivity index (χ3n) is 5.59. The van der Waals surface area contributed by atoms with Crippen molar-refractivity contribution in [2.45, 2.75) is 32.5 Å². The number of nitrogens with zero attached hydrogens (tertiary/aromatic N) is 4. The number of fused-ring (bicyclic) bond motifs is 1. The summed E-state index contributed by atoms with van der Waals surface area (Å²) in [4.78, 5) is 39.5. The lowest BCUT2D eigenvalue weighted by molar-refractivity contribution is -0.389. The second kappa shape index (κ2) is 9.61. The highest BCUT2D eigenvalue weighted by Gasteiger charge is 2.36.